The second-order valence-corrected chi connectivity index (χ2v) is 3.44. The molecule has 2 nitrogen and oxygen atoms in total. The van der Waals surface area contributed by atoms with Gasteiger partial charge in [-0.25, -0.2) is 0 Å². The second-order valence-electron chi connectivity index (χ2n) is 2.63. The molecule has 0 bridgehead atoms. The van der Waals surface area contributed by atoms with Crippen LogP contribution in [-0.4, -0.2) is 18.5 Å². The van der Waals surface area contributed by atoms with Crippen molar-refractivity contribution in [2.24, 2.45) is 0 Å². The molecule has 1 aromatic rings. The van der Waals surface area contributed by atoms with Crippen LogP contribution in [0.2, 0.25) is 0 Å². The molecule has 0 radical (unpaired) electrons. The maximum atomic E-state index is 11.0. The summed E-state index contributed by atoms with van der Waals surface area (Å²) in [5, 5.41) is 0.0489. The number of carbonyl (C=O) groups excluding carboxylic acids is 1. The molecule has 3 heteroatoms. The summed E-state index contributed by atoms with van der Waals surface area (Å²) in [4.78, 5) is 11.0. The molecule has 0 aromatic heterocycles. The lowest BCUT2D eigenvalue weighted by molar-refractivity contribution is -0.106. The quantitative estimate of drug-likeness (QED) is 0.714. The Hall–Kier alpha value is -1.22. The minimum atomic E-state index is 0.0489. The highest BCUT2D eigenvalue weighted by Crippen LogP contribution is 2.13. The van der Waals surface area contributed by atoms with Gasteiger partial charge in [-0.1, -0.05) is 30.0 Å². The van der Waals surface area contributed by atoms with Gasteiger partial charge in [-0.05, 0) is 30.0 Å². The zero-order valence-corrected chi connectivity index (χ0v) is 9.01. The smallest absolute Gasteiger partial charge is 0.211 e. The predicted molar refractivity (Wildman–Crippen MR) is 60.6 cm³/mol. The maximum absolute atomic E-state index is 11.0. The van der Waals surface area contributed by atoms with Crippen molar-refractivity contribution in [3.8, 4) is 5.75 Å². The van der Waals surface area contributed by atoms with Crippen LogP contribution in [0.15, 0.2) is 30.3 Å². The third kappa shape index (κ3) is 3.26. The molecular weight excluding hydrogens is 196 g/mol. The van der Waals surface area contributed by atoms with Crippen LogP contribution in [0.5, 0.6) is 5.75 Å². The van der Waals surface area contributed by atoms with Crippen LogP contribution in [0.4, 0.5) is 0 Å². The molecule has 0 unspecified atom stereocenters. The molecule has 0 heterocycles. The molecule has 14 heavy (non-hydrogen) atoms. The first-order valence-electron chi connectivity index (χ1n) is 4.16. The van der Waals surface area contributed by atoms with Crippen LogP contribution in [0.1, 0.15) is 5.56 Å². The van der Waals surface area contributed by atoms with Gasteiger partial charge >= 0.3 is 0 Å². The summed E-state index contributed by atoms with van der Waals surface area (Å²) >= 11 is 1.20. The molecule has 0 aliphatic rings. The lowest BCUT2D eigenvalue weighted by Gasteiger charge is -1.99. The minimum absolute atomic E-state index is 0.0489. The van der Waals surface area contributed by atoms with Gasteiger partial charge in [0.1, 0.15) is 5.75 Å². The number of carbonyl (C=O) groups is 1. The van der Waals surface area contributed by atoms with E-state index in [0.717, 1.165) is 11.3 Å². The minimum Gasteiger partial charge on any atom is -0.497 e. The average Bonchev–Trinajstić information content (AvgIpc) is 2.26. The molecule has 0 aliphatic heterocycles. The second kappa shape index (κ2) is 5.50. The molecular formula is C11H12O2S. The Morgan fingerprint density at radius 1 is 1.50 bits per heavy atom. The highest BCUT2D eigenvalue weighted by molar-refractivity contribution is 8.13. The summed E-state index contributed by atoms with van der Waals surface area (Å²) < 4.78 is 5.06. The summed E-state index contributed by atoms with van der Waals surface area (Å²) in [6.45, 7) is 0. The van der Waals surface area contributed by atoms with Crippen molar-refractivity contribution in [3.63, 3.8) is 0 Å². The zero-order valence-electron chi connectivity index (χ0n) is 8.19. The van der Waals surface area contributed by atoms with Crippen molar-refractivity contribution >= 4 is 23.0 Å². The van der Waals surface area contributed by atoms with Gasteiger partial charge in [0.25, 0.3) is 0 Å². The fraction of sp³-hybridized carbons (Fsp3) is 0.182. The molecule has 1 aromatic carbocycles. The van der Waals surface area contributed by atoms with Crippen LogP contribution in [-0.2, 0) is 4.79 Å². The van der Waals surface area contributed by atoms with E-state index in [9.17, 15) is 4.79 Å². The van der Waals surface area contributed by atoms with Crippen molar-refractivity contribution < 1.29 is 9.53 Å². The van der Waals surface area contributed by atoms with Crippen LogP contribution >= 0.6 is 11.8 Å². The van der Waals surface area contributed by atoms with E-state index in [1.807, 2.05) is 24.3 Å². The Bertz CT molecular complexity index is 345. The third-order valence-electron chi connectivity index (χ3n) is 1.71. The maximum Gasteiger partial charge on any atom is 0.211 e. The van der Waals surface area contributed by atoms with E-state index in [1.54, 1.807) is 25.5 Å². The molecule has 1 rings (SSSR count). The molecule has 0 N–H and O–H groups in total. The topological polar surface area (TPSA) is 26.3 Å². The molecule has 74 valence electrons. The lowest BCUT2D eigenvalue weighted by atomic mass is 10.2. The number of thioether (sulfide) groups is 1. The first kappa shape index (κ1) is 10.9. The van der Waals surface area contributed by atoms with Gasteiger partial charge < -0.3 is 4.74 Å². The first-order valence-corrected chi connectivity index (χ1v) is 5.39. The van der Waals surface area contributed by atoms with Crippen molar-refractivity contribution in [1.29, 1.82) is 0 Å². The van der Waals surface area contributed by atoms with Crippen LogP contribution < -0.4 is 4.74 Å². The lowest BCUT2D eigenvalue weighted by Crippen LogP contribution is -1.84. The first-order chi connectivity index (χ1) is 6.76. The normalized spacial score (nSPS) is 10.4. The molecule has 0 amide bonds. The fourth-order valence-electron chi connectivity index (χ4n) is 0.977. The number of benzene rings is 1. The van der Waals surface area contributed by atoms with E-state index in [4.69, 9.17) is 4.74 Å². The van der Waals surface area contributed by atoms with E-state index >= 15 is 0 Å². The standard InChI is InChI=1S/C11H12O2S/c1-13-10-5-3-4-9(8-10)6-7-11(12)14-2/h3-8H,1-2H3/b7-6+. The highest BCUT2D eigenvalue weighted by Gasteiger charge is 1.93. The molecule has 0 atom stereocenters. The van der Waals surface area contributed by atoms with E-state index in [2.05, 4.69) is 0 Å². The SMILES string of the molecule is COc1cccc(/C=C/C(=O)SC)c1. The zero-order chi connectivity index (χ0) is 10.4. The summed E-state index contributed by atoms with van der Waals surface area (Å²) in [6, 6.07) is 7.56. The number of hydrogen-bond donors (Lipinski definition) is 0. The number of rotatable bonds is 3. The van der Waals surface area contributed by atoms with Gasteiger partial charge in [0, 0.05) is 0 Å². The van der Waals surface area contributed by atoms with Gasteiger partial charge in [-0.2, -0.15) is 0 Å². The van der Waals surface area contributed by atoms with Crippen molar-refractivity contribution in [3.05, 3.63) is 35.9 Å². The van der Waals surface area contributed by atoms with Gasteiger partial charge in [0.15, 0.2) is 0 Å². The summed E-state index contributed by atoms with van der Waals surface area (Å²) in [5.74, 6) is 0.795. The largest absolute Gasteiger partial charge is 0.497 e. The Morgan fingerprint density at radius 2 is 2.29 bits per heavy atom. The van der Waals surface area contributed by atoms with Gasteiger partial charge in [0.05, 0.1) is 7.11 Å². The van der Waals surface area contributed by atoms with Crippen LogP contribution in [0.25, 0.3) is 6.08 Å². The van der Waals surface area contributed by atoms with E-state index in [-0.39, 0.29) is 5.12 Å². The van der Waals surface area contributed by atoms with Gasteiger partial charge in [-0.3, -0.25) is 4.79 Å². The Morgan fingerprint density at radius 3 is 2.93 bits per heavy atom. The van der Waals surface area contributed by atoms with Crippen LogP contribution in [0, 0.1) is 0 Å². The summed E-state index contributed by atoms with van der Waals surface area (Å²) in [7, 11) is 1.62. The molecule has 0 fully saturated rings. The highest BCUT2D eigenvalue weighted by atomic mass is 32.2. The predicted octanol–water partition coefficient (Wildman–Crippen LogP) is 2.60. The summed E-state index contributed by atoms with van der Waals surface area (Å²) in [6.07, 6.45) is 5.10. The fourth-order valence-corrected chi connectivity index (χ4v) is 1.18. The number of methoxy groups -OCH3 is 1. The van der Waals surface area contributed by atoms with Gasteiger partial charge in [-0.15, -0.1) is 0 Å². The Kier molecular flexibility index (Phi) is 4.26. The molecule has 0 saturated carbocycles. The molecule has 0 aliphatic carbocycles. The van der Waals surface area contributed by atoms with Gasteiger partial charge in [0.2, 0.25) is 5.12 Å². The van der Waals surface area contributed by atoms with E-state index in [1.165, 1.54) is 11.8 Å². The Balaban J connectivity index is 2.76. The monoisotopic (exact) mass is 208 g/mol. The Labute approximate surface area is 88.0 Å². The van der Waals surface area contributed by atoms with Crippen molar-refractivity contribution in [1.82, 2.24) is 0 Å². The number of hydrogen-bond acceptors (Lipinski definition) is 3. The van der Waals surface area contributed by atoms with Crippen molar-refractivity contribution in [2.45, 2.75) is 0 Å². The summed E-state index contributed by atoms with van der Waals surface area (Å²) in [5.41, 5.74) is 0.965. The van der Waals surface area contributed by atoms with Crippen LogP contribution in [0.3, 0.4) is 0 Å². The van der Waals surface area contributed by atoms with E-state index < -0.39 is 0 Å². The van der Waals surface area contributed by atoms with E-state index in [0.29, 0.717) is 0 Å². The molecule has 0 saturated heterocycles. The van der Waals surface area contributed by atoms with Crippen molar-refractivity contribution in [2.75, 3.05) is 13.4 Å². The number of ether oxygens (including phenoxy) is 1. The molecule has 0 spiro atoms. The third-order valence-corrected chi connectivity index (χ3v) is 2.25. The average molecular weight is 208 g/mol.